The first-order valence-corrected chi connectivity index (χ1v) is 7.79. The fourth-order valence-corrected chi connectivity index (χ4v) is 2.86. The van der Waals surface area contributed by atoms with E-state index >= 15 is 0 Å². The molecule has 8 heteroatoms. The van der Waals surface area contributed by atoms with Gasteiger partial charge in [0, 0.05) is 24.9 Å². The van der Waals surface area contributed by atoms with Crippen molar-refractivity contribution in [3.05, 3.63) is 29.8 Å². The van der Waals surface area contributed by atoms with Crippen molar-refractivity contribution in [1.29, 1.82) is 0 Å². The Kier molecular flexibility index (Phi) is 2.64. The Labute approximate surface area is 136 Å². The van der Waals surface area contributed by atoms with Gasteiger partial charge in [-0.05, 0) is 25.8 Å². The molecule has 4 heterocycles. The summed E-state index contributed by atoms with van der Waals surface area (Å²) in [6, 6.07) is 2.02. The molecule has 1 saturated carbocycles. The van der Waals surface area contributed by atoms with Gasteiger partial charge < -0.3 is 9.05 Å². The minimum absolute atomic E-state index is 0.439. The Bertz CT molecular complexity index is 1060. The molecule has 0 atom stereocenters. The van der Waals surface area contributed by atoms with Crippen molar-refractivity contribution in [2.24, 2.45) is 7.05 Å². The van der Waals surface area contributed by atoms with Crippen molar-refractivity contribution in [2.75, 3.05) is 0 Å². The van der Waals surface area contributed by atoms with Gasteiger partial charge in [-0.25, -0.2) is 4.98 Å². The lowest BCUT2D eigenvalue weighted by atomic mass is 10.1. The molecule has 0 bridgehead atoms. The van der Waals surface area contributed by atoms with E-state index in [1.54, 1.807) is 10.9 Å². The maximum Gasteiger partial charge on any atom is 0.259 e. The van der Waals surface area contributed by atoms with Crippen LogP contribution in [0.2, 0.25) is 0 Å². The van der Waals surface area contributed by atoms with Crippen LogP contribution in [0.25, 0.3) is 33.9 Å². The predicted molar refractivity (Wildman–Crippen MR) is 84.0 cm³/mol. The zero-order valence-electron chi connectivity index (χ0n) is 13.2. The van der Waals surface area contributed by atoms with Crippen LogP contribution >= 0.6 is 0 Å². The number of rotatable bonds is 3. The van der Waals surface area contributed by atoms with E-state index in [9.17, 15) is 0 Å². The zero-order chi connectivity index (χ0) is 16.3. The first-order valence-electron chi connectivity index (χ1n) is 7.79. The SMILES string of the molecule is Cc1noc2nc(C3CC3)cc(-c3nc(-c4cnn(C)c4)no3)c12. The fraction of sp³-hybridized carbons (Fsp3) is 0.312. The minimum Gasteiger partial charge on any atom is -0.336 e. The van der Waals surface area contributed by atoms with Gasteiger partial charge in [0.1, 0.15) is 0 Å². The van der Waals surface area contributed by atoms with E-state index in [1.165, 1.54) is 0 Å². The predicted octanol–water partition coefficient (Wildman–Crippen LogP) is 2.86. The summed E-state index contributed by atoms with van der Waals surface area (Å²) < 4.78 is 12.6. The lowest BCUT2D eigenvalue weighted by molar-refractivity contribution is 0.432. The van der Waals surface area contributed by atoms with Gasteiger partial charge in [-0.15, -0.1) is 0 Å². The second-order valence-electron chi connectivity index (χ2n) is 6.14. The summed E-state index contributed by atoms with van der Waals surface area (Å²) in [5, 5.41) is 13.1. The highest BCUT2D eigenvalue weighted by Crippen LogP contribution is 2.42. The number of hydrogen-bond acceptors (Lipinski definition) is 7. The van der Waals surface area contributed by atoms with Crippen molar-refractivity contribution in [1.82, 2.24) is 30.1 Å². The van der Waals surface area contributed by atoms with Crippen LogP contribution < -0.4 is 0 Å². The Morgan fingerprint density at radius 1 is 1.17 bits per heavy atom. The molecular weight excluding hydrogens is 308 g/mol. The molecule has 0 radical (unpaired) electrons. The summed E-state index contributed by atoms with van der Waals surface area (Å²) in [4.78, 5) is 9.11. The topological polar surface area (TPSA) is 95.7 Å². The molecule has 1 fully saturated rings. The standard InChI is InChI=1S/C16H14N6O2/c1-8-13-11(5-12(9-3-4-9)18-16(13)24-20-8)15-19-14(21-23-15)10-6-17-22(2)7-10/h5-7,9H,3-4H2,1-2H3. The van der Waals surface area contributed by atoms with Crippen LogP contribution in [0.5, 0.6) is 0 Å². The largest absolute Gasteiger partial charge is 0.336 e. The van der Waals surface area contributed by atoms with Crippen LogP contribution in [0.4, 0.5) is 0 Å². The summed E-state index contributed by atoms with van der Waals surface area (Å²) in [7, 11) is 1.85. The van der Waals surface area contributed by atoms with Crippen molar-refractivity contribution < 1.29 is 9.05 Å². The van der Waals surface area contributed by atoms with Crippen molar-refractivity contribution in [2.45, 2.75) is 25.7 Å². The molecule has 5 rings (SSSR count). The molecule has 0 aliphatic heterocycles. The Balaban J connectivity index is 1.68. The molecule has 0 amide bonds. The van der Waals surface area contributed by atoms with E-state index in [0.717, 1.165) is 40.7 Å². The molecule has 0 unspecified atom stereocenters. The molecule has 0 N–H and O–H groups in total. The molecule has 4 aromatic heterocycles. The van der Waals surface area contributed by atoms with Gasteiger partial charge in [-0.3, -0.25) is 4.68 Å². The summed E-state index contributed by atoms with van der Waals surface area (Å²) in [6.45, 7) is 1.88. The van der Waals surface area contributed by atoms with Crippen molar-refractivity contribution in [3.8, 4) is 22.8 Å². The maximum absolute atomic E-state index is 5.51. The molecule has 1 aliphatic carbocycles. The highest BCUT2D eigenvalue weighted by Gasteiger charge is 2.28. The van der Waals surface area contributed by atoms with Crippen LogP contribution in [0, 0.1) is 6.92 Å². The van der Waals surface area contributed by atoms with E-state index in [-0.39, 0.29) is 0 Å². The van der Waals surface area contributed by atoms with E-state index in [2.05, 4.69) is 25.4 Å². The maximum atomic E-state index is 5.51. The van der Waals surface area contributed by atoms with Crippen LogP contribution in [0.3, 0.4) is 0 Å². The number of nitrogens with zero attached hydrogens (tertiary/aromatic N) is 6. The molecule has 0 spiro atoms. The highest BCUT2D eigenvalue weighted by molar-refractivity contribution is 5.91. The lowest BCUT2D eigenvalue weighted by Crippen LogP contribution is -1.91. The summed E-state index contributed by atoms with van der Waals surface area (Å²) in [5.74, 6) is 1.43. The van der Waals surface area contributed by atoms with Gasteiger partial charge >= 0.3 is 0 Å². The second-order valence-corrected chi connectivity index (χ2v) is 6.14. The molecule has 24 heavy (non-hydrogen) atoms. The van der Waals surface area contributed by atoms with Gasteiger partial charge in [0.25, 0.3) is 11.6 Å². The molecule has 1 aliphatic rings. The van der Waals surface area contributed by atoms with E-state index in [0.29, 0.717) is 23.3 Å². The Hall–Kier alpha value is -3.03. The molecule has 0 saturated heterocycles. The highest BCUT2D eigenvalue weighted by atomic mass is 16.5. The number of hydrogen-bond donors (Lipinski definition) is 0. The second kappa shape index (κ2) is 4.73. The third kappa shape index (κ3) is 2.03. The zero-order valence-corrected chi connectivity index (χ0v) is 13.2. The van der Waals surface area contributed by atoms with E-state index < -0.39 is 0 Å². The van der Waals surface area contributed by atoms with Gasteiger partial charge in [0.15, 0.2) is 0 Å². The molecule has 4 aromatic rings. The average Bonchev–Trinajstić information content (AvgIpc) is 2.98. The minimum atomic E-state index is 0.439. The van der Waals surface area contributed by atoms with E-state index in [4.69, 9.17) is 9.05 Å². The number of pyridine rings is 1. The Morgan fingerprint density at radius 2 is 2.04 bits per heavy atom. The van der Waals surface area contributed by atoms with E-state index in [1.807, 2.05) is 26.2 Å². The first-order chi connectivity index (χ1) is 11.7. The Morgan fingerprint density at radius 3 is 2.79 bits per heavy atom. The van der Waals surface area contributed by atoms with Crippen LogP contribution in [-0.2, 0) is 7.05 Å². The van der Waals surface area contributed by atoms with Crippen LogP contribution in [0.1, 0.15) is 30.1 Å². The smallest absolute Gasteiger partial charge is 0.259 e. The summed E-state index contributed by atoms with van der Waals surface area (Å²) in [5.41, 5.74) is 3.91. The summed E-state index contributed by atoms with van der Waals surface area (Å²) >= 11 is 0. The number of fused-ring (bicyclic) bond motifs is 1. The average molecular weight is 322 g/mol. The lowest BCUT2D eigenvalue weighted by Gasteiger charge is -2.01. The van der Waals surface area contributed by atoms with Gasteiger partial charge in [0.2, 0.25) is 5.82 Å². The summed E-state index contributed by atoms with van der Waals surface area (Å²) in [6.07, 6.45) is 5.85. The third-order valence-electron chi connectivity index (χ3n) is 4.25. The molecule has 0 aromatic carbocycles. The van der Waals surface area contributed by atoms with Gasteiger partial charge in [0.05, 0.1) is 28.4 Å². The third-order valence-corrected chi connectivity index (χ3v) is 4.25. The fourth-order valence-electron chi connectivity index (χ4n) is 2.86. The molecule has 8 nitrogen and oxygen atoms in total. The van der Waals surface area contributed by atoms with Gasteiger partial charge in [-0.1, -0.05) is 10.3 Å². The monoisotopic (exact) mass is 322 g/mol. The first kappa shape index (κ1) is 13.4. The van der Waals surface area contributed by atoms with Crippen LogP contribution in [-0.4, -0.2) is 30.1 Å². The van der Waals surface area contributed by atoms with Crippen LogP contribution in [0.15, 0.2) is 27.5 Å². The number of aryl methyl sites for hydroxylation is 2. The van der Waals surface area contributed by atoms with Crippen molar-refractivity contribution in [3.63, 3.8) is 0 Å². The number of aromatic nitrogens is 6. The molecule has 120 valence electrons. The molecular formula is C16H14N6O2. The van der Waals surface area contributed by atoms with Gasteiger partial charge in [-0.2, -0.15) is 10.1 Å². The quantitative estimate of drug-likeness (QED) is 0.572. The van der Waals surface area contributed by atoms with Crippen molar-refractivity contribution >= 4 is 11.1 Å². The normalized spacial score (nSPS) is 14.6.